The number of benzene rings is 1. The lowest BCUT2D eigenvalue weighted by atomic mass is 9.98. The van der Waals surface area contributed by atoms with Crippen molar-refractivity contribution in [1.82, 2.24) is 4.90 Å². The van der Waals surface area contributed by atoms with E-state index in [2.05, 4.69) is 0 Å². The van der Waals surface area contributed by atoms with Gasteiger partial charge >= 0.3 is 5.97 Å². The molecule has 0 bridgehead atoms. The average molecular weight is 289 g/mol. The van der Waals surface area contributed by atoms with Gasteiger partial charge in [0, 0.05) is 12.1 Å². The van der Waals surface area contributed by atoms with E-state index in [1.54, 1.807) is 12.1 Å². The first-order valence-electron chi connectivity index (χ1n) is 6.99. The molecule has 1 aromatic rings. The molecule has 1 aromatic carbocycles. The van der Waals surface area contributed by atoms with Crippen LogP contribution in [0.5, 0.6) is 0 Å². The molecule has 0 aliphatic carbocycles. The fourth-order valence-electron chi connectivity index (χ4n) is 2.69. The largest absolute Gasteiger partial charge is 0.480 e. The Morgan fingerprint density at radius 2 is 1.71 bits per heavy atom. The summed E-state index contributed by atoms with van der Waals surface area (Å²) >= 11 is 0. The van der Waals surface area contributed by atoms with Crippen LogP contribution in [0, 0.1) is 20.8 Å². The third-order valence-corrected chi connectivity index (χ3v) is 4.18. The number of rotatable bonds is 3. The molecule has 1 amide bonds. The molecule has 1 heterocycles. The summed E-state index contributed by atoms with van der Waals surface area (Å²) in [5, 5.41) is 9.10. The minimum Gasteiger partial charge on any atom is -0.480 e. The Morgan fingerprint density at radius 1 is 1.14 bits per heavy atom. The zero-order chi connectivity index (χ0) is 15.7. The molecule has 0 spiro atoms. The Labute approximate surface area is 123 Å². The lowest BCUT2D eigenvalue weighted by molar-refractivity contribution is -0.146. The van der Waals surface area contributed by atoms with Crippen LogP contribution in [0.2, 0.25) is 0 Å². The Hall–Kier alpha value is -2.17. The van der Waals surface area contributed by atoms with E-state index in [0.29, 0.717) is 24.9 Å². The van der Waals surface area contributed by atoms with Crippen molar-refractivity contribution in [3.05, 3.63) is 34.4 Å². The van der Waals surface area contributed by atoms with E-state index < -0.39 is 23.7 Å². The highest BCUT2D eigenvalue weighted by atomic mass is 16.4. The SMILES string of the molecule is Cc1cc(C(=O)C(=O)N2CCC[C@H]2C(=O)O)cc(C)c1C. The van der Waals surface area contributed by atoms with E-state index in [-0.39, 0.29) is 0 Å². The molecular weight excluding hydrogens is 270 g/mol. The summed E-state index contributed by atoms with van der Waals surface area (Å²) in [5.41, 5.74) is 3.31. The van der Waals surface area contributed by atoms with E-state index in [4.69, 9.17) is 5.11 Å². The van der Waals surface area contributed by atoms with Crippen LogP contribution >= 0.6 is 0 Å². The molecule has 0 radical (unpaired) electrons. The van der Waals surface area contributed by atoms with Gasteiger partial charge in [-0.05, 0) is 62.4 Å². The van der Waals surface area contributed by atoms with Gasteiger partial charge in [-0.25, -0.2) is 4.79 Å². The second kappa shape index (κ2) is 5.68. The fraction of sp³-hybridized carbons (Fsp3) is 0.438. The molecule has 1 atom stereocenters. The number of carboxylic acid groups (broad SMARTS) is 1. The Morgan fingerprint density at radius 3 is 2.24 bits per heavy atom. The lowest BCUT2D eigenvalue weighted by Crippen LogP contribution is -2.43. The highest BCUT2D eigenvalue weighted by molar-refractivity contribution is 6.43. The molecule has 5 nitrogen and oxygen atoms in total. The summed E-state index contributed by atoms with van der Waals surface area (Å²) in [5.74, 6) is -2.40. The van der Waals surface area contributed by atoms with Gasteiger partial charge in [0.2, 0.25) is 5.78 Å². The Bertz CT molecular complexity index is 598. The number of likely N-dealkylation sites (tertiary alicyclic amines) is 1. The minimum absolute atomic E-state index is 0.325. The average Bonchev–Trinajstić information content (AvgIpc) is 2.92. The van der Waals surface area contributed by atoms with Crippen molar-refractivity contribution in [2.75, 3.05) is 6.54 Å². The van der Waals surface area contributed by atoms with Crippen LogP contribution in [0.1, 0.15) is 39.9 Å². The molecule has 0 saturated carbocycles. The molecule has 1 aliphatic heterocycles. The van der Waals surface area contributed by atoms with Gasteiger partial charge in [0.25, 0.3) is 5.91 Å². The van der Waals surface area contributed by atoms with E-state index in [9.17, 15) is 14.4 Å². The molecule has 1 fully saturated rings. The normalized spacial score (nSPS) is 17.9. The van der Waals surface area contributed by atoms with Gasteiger partial charge < -0.3 is 10.0 Å². The first kappa shape index (κ1) is 15.2. The number of amides is 1. The highest BCUT2D eigenvalue weighted by Crippen LogP contribution is 2.21. The standard InChI is InChI=1S/C16H19NO4/c1-9-7-12(8-10(2)11(9)3)14(18)15(19)17-6-4-5-13(17)16(20)21/h7-8,13H,4-6H2,1-3H3,(H,20,21)/t13-/m0/s1. The lowest BCUT2D eigenvalue weighted by Gasteiger charge is -2.20. The summed E-state index contributed by atoms with van der Waals surface area (Å²) in [7, 11) is 0. The number of carbonyl (C=O) groups is 3. The predicted octanol–water partition coefficient (Wildman–Crippen LogP) is 1.87. The van der Waals surface area contributed by atoms with Crippen molar-refractivity contribution in [3.8, 4) is 0 Å². The maximum Gasteiger partial charge on any atom is 0.326 e. The van der Waals surface area contributed by atoms with Crippen molar-refractivity contribution < 1.29 is 19.5 Å². The number of aliphatic carboxylic acids is 1. The van der Waals surface area contributed by atoms with Crippen molar-refractivity contribution in [2.45, 2.75) is 39.7 Å². The summed E-state index contributed by atoms with van der Waals surface area (Å²) in [6.07, 6.45) is 1.02. The first-order valence-corrected chi connectivity index (χ1v) is 6.99. The van der Waals surface area contributed by atoms with Crippen LogP contribution in [0.3, 0.4) is 0 Å². The Balaban J connectivity index is 2.28. The number of hydrogen-bond donors (Lipinski definition) is 1. The Kier molecular flexibility index (Phi) is 4.11. The van der Waals surface area contributed by atoms with Crippen molar-refractivity contribution in [3.63, 3.8) is 0 Å². The molecule has 1 N–H and O–H groups in total. The molecule has 21 heavy (non-hydrogen) atoms. The van der Waals surface area contributed by atoms with Crippen molar-refractivity contribution >= 4 is 17.7 Å². The molecule has 0 aromatic heterocycles. The van der Waals surface area contributed by atoms with Gasteiger partial charge in [-0.15, -0.1) is 0 Å². The molecular formula is C16H19NO4. The van der Waals surface area contributed by atoms with Gasteiger partial charge in [-0.1, -0.05) is 0 Å². The first-order chi connectivity index (χ1) is 9.82. The quantitative estimate of drug-likeness (QED) is 0.681. The van der Waals surface area contributed by atoms with Gasteiger partial charge in [-0.2, -0.15) is 0 Å². The summed E-state index contributed by atoms with van der Waals surface area (Å²) < 4.78 is 0. The third-order valence-electron chi connectivity index (χ3n) is 4.18. The van der Waals surface area contributed by atoms with E-state index in [1.165, 1.54) is 4.90 Å². The van der Waals surface area contributed by atoms with Crippen LogP contribution in [-0.4, -0.2) is 40.3 Å². The van der Waals surface area contributed by atoms with Gasteiger partial charge in [0.15, 0.2) is 0 Å². The number of hydrogen-bond acceptors (Lipinski definition) is 3. The zero-order valence-corrected chi connectivity index (χ0v) is 12.5. The third kappa shape index (κ3) is 2.82. The van der Waals surface area contributed by atoms with E-state index in [0.717, 1.165) is 16.7 Å². The second-order valence-corrected chi connectivity index (χ2v) is 5.56. The van der Waals surface area contributed by atoms with Crippen LogP contribution < -0.4 is 0 Å². The van der Waals surface area contributed by atoms with Gasteiger partial charge in [0.05, 0.1) is 0 Å². The van der Waals surface area contributed by atoms with Crippen LogP contribution in [0.4, 0.5) is 0 Å². The molecule has 0 unspecified atom stereocenters. The van der Waals surface area contributed by atoms with Crippen LogP contribution in [-0.2, 0) is 9.59 Å². The van der Waals surface area contributed by atoms with E-state index in [1.807, 2.05) is 20.8 Å². The molecule has 2 rings (SSSR count). The number of carboxylic acids is 1. The number of Topliss-reactive ketones (excluding diaryl/α,β-unsaturated/α-hetero) is 1. The van der Waals surface area contributed by atoms with Crippen molar-refractivity contribution in [1.29, 1.82) is 0 Å². The van der Waals surface area contributed by atoms with Gasteiger partial charge in [-0.3, -0.25) is 9.59 Å². The predicted molar refractivity (Wildman–Crippen MR) is 77.4 cm³/mol. The minimum atomic E-state index is -1.05. The molecule has 1 saturated heterocycles. The number of nitrogens with zero attached hydrogens (tertiary/aromatic N) is 1. The number of carbonyl (C=O) groups excluding carboxylic acids is 2. The number of ketones is 1. The second-order valence-electron chi connectivity index (χ2n) is 5.56. The maximum absolute atomic E-state index is 12.3. The summed E-state index contributed by atoms with van der Waals surface area (Å²) in [6.45, 7) is 6.06. The van der Waals surface area contributed by atoms with Crippen molar-refractivity contribution in [2.24, 2.45) is 0 Å². The smallest absolute Gasteiger partial charge is 0.326 e. The van der Waals surface area contributed by atoms with E-state index >= 15 is 0 Å². The topological polar surface area (TPSA) is 74.7 Å². The molecule has 112 valence electrons. The van der Waals surface area contributed by atoms with Gasteiger partial charge in [0.1, 0.15) is 6.04 Å². The molecule has 1 aliphatic rings. The number of aryl methyl sites for hydroxylation is 2. The highest BCUT2D eigenvalue weighted by Gasteiger charge is 2.37. The fourth-order valence-corrected chi connectivity index (χ4v) is 2.69. The zero-order valence-electron chi connectivity index (χ0n) is 12.5. The van der Waals surface area contributed by atoms with Crippen LogP contribution in [0.15, 0.2) is 12.1 Å². The maximum atomic E-state index is 12.3. The summed E-state index contributed by atoms with van der Waals surface area (Å²) in [6, 6.07) is 2.50. The van der Waals surface area contributed by atoms with Crippen LogP contribution in [0.25, 0.3) is 0 Å². The monoisotopic (exact) mass is 289 g/mol. The summed E-state index contributed by atoms with van der Waals surface area (Å²) in [4.78, 5) is 36.9. The molecule has 5 heteroatoms.